The van der Waals surface area contributed by atoms with Crippen LogP contribution in [-0.4, -0.2) is 43.8 Å². The summed E-state index contributed by atoms with van der Waals surface area (Å²) in [6.07, 6.45) is 5.01. The molecule has 4 aromatic heterocycles. The molecule has 164 valence electrons. The highest BCUT2D eigenvalue weighted by Crippen LogP contribution is 2.35. The van der Waals surface area contributed by atoms with Crippen LogP contribution >= 0.6 is 0 Å². The third-order valence-electron chi connectivity index (χ3n) is 5.94. The second-order valence-electron chi connectivity index (χ2n) is 8.09. The van der Waals surface area contributed by atoms with Crippen molar-refractivity contribution in [2.24, 2.45) is 5.92 Å². The average Bonchev–Trinajstić information content (AvgIpc) is 3.31. The van der Waals surface area contributed by atoms with Crippen molar-refractivity contribution in [2.75, 3.05) is 12.4 Å². The molecule has 0 saturated heterocycles. The van der Waals surface area contributed by atoms with Crippen molar-refractivity contribution in [3.05, 3.63) is 48.2 Å². The Hall–Kier alpha value is -3.46. The number of rotatable bonds is 6. The van der Waals surface area contributed by atoms with E-state index in [4.69, 9.17) is 4.74 Å². The standard InChI is InChI=1S/C23H23FN6O2/c1-4-20(32-3)18-5-12(2)16(10-25-18)14-6-13-9-26-21(29-23(31)15-7-17(15)24)8-19(13)30-22(14)27-11-28-30/h5-6,8-11,15,17,20H,4,7H2,1-3H3,(H,26,29,31). The van der Waals surface area contributed by atoms with Crippen LogP contribution in [-0.2, 0) is 9.53 Å². The summed E-state index contributed by atoms with van der Waals surface area (Å²) >= 11 is 0. The fourth-order valence-corrected chi connectivity index (χ4v) is 4.02. The molecule has 4 aromatic rings. The molecule has 0 bridgehead atoms. The van der Waals surface area contributed by atoms with E-state index in [-0.39, 0.29) is 18.4 Å². The first-order chi connectivity index (χ1) is 15.5. The minimum Gasteiger partial charge on any atom is -0.375 e. The quantitative estimate of drug-likeness (QED) is 0.492. The van der Waals surface area contributed by atoms with E-state index in [1.54, 1.807) is 23.9 Å². The first-order valence-electron chi connectivity index (χ1n) is 10.6. The monoisotopic (exact) mass is 434 g/mol. The molecule has 32 heavy (non-hydrogen) atoms. The molecule has 1 aliphatic rings. The molecule has 4 heterocycles. The maximum atomic E-state index is 13.2. The molecule has 1 fully saturated rings. The van der Waals surface area contributed by atoms with Crippen molar-refractivity contribution in [1.29, 1.82) is 0 Å². The Morgan fingerprint density at radius 3 is 2.75 bits per heavy atom. The fraction of sp³-hybridized carbons (Fsp3) is 0.348. The number of carbonyl (C=O) groups is 1. The molecule has 0 aliphatic heterocycles. The zero-order valence-electron chi connectivity index (χ0n) is 18.0. The number of carbonyl (C=O) groups excluding carboxylic acids is 1. The van der Waals surface area contributed by atoms with Gasteiger partial charge in [-0.15, -0.1) is 0 Å². The number of nitrogens with zero attached hydrogens (tertiary/aromatic N) is 5. The first-order valence-corrected chi connectivity index (χ1v) is 10.6. The highest BCUT2D eigenvalue weighted by atomic mass is 19.1. The third-order valence-corrected chi connectivity index (χ3v) is 5.94. The van der Waals surface area contributed by atoms with Gasteiger partial charge in [0.2, 0.25) is 5.91 Å². The van der Waals surface area contributed by atoms with Gasteiger partial charge in [0.1, 0.15) is 18.3 Å². The second kappa shape index (κ2) is 7.90. The van der Waals surface area contributed by atoms with E-state index in [0.717, 1.165) is 39.7 Å². The number of halogens is 1. The number of amides is 1. The molecule has 1 amide bonds. The van der Waals surface area contributed by atoms with Crippen molar-refractivity contribution in [3.8, 4) is 11.1 Å². The summed E-state index contributed by atoms with van der Waals surface area (Å²) in [7, 11) is 1.69. The second-order valence-corrected chi connectivity index (χ2v) is 8.09. The Morgan fingerprint density at radius 2 is 2.06 bits per heavy atom. The number of hydrogen-bond donors (Lipinski definition) is 1. The smallest absolute Gasteiger partial charge is 0.231 e. The summed E-state index contributed by atoms with van der Waals surface area (Å²) in [5.74, 6) is -0.567. The van der Waals surface area contributed by atoms with Crippen molar-refractivity contribution < 1.29 is 13.9 Å². The summed E-state index contributed by atoms with van der Waals surface area (Å²) in [6.45, 7) is 4.10. The van der Waals surface area contributed by atoms with Gasteiger partial charge in [0.05, 0.1) is 23.2 Å². The number of aryl methyl sites for hydroxylation is 1. The van der Waals surface area contributed by atoms with E-state index in [2.05, 4.69) is 32.3 Å². The average molecular weight is 434 g/mol. The molecule has 8 nitrogen and oxygen atoms in total. The van der Waals surface area contributed by atoms with Crippen LogP contribution in [0.1, 0.15) is 37.1 Å². The number of nitrogens with one attached hydrogen (secondary N) is 1. The van der Waals surface area contributed by atoms with Crippen molar-refractivity contribution in [3.63, 3.8) is 0 Å². The van der Waals surface area contributed by atoms with E-state index >= 15 is 0 Å². The van der Waals surface area contributed by atoms with Gasteiger partial charge in [-0.3, -0.25) is 9.78 Å². The SMILES string of the molecule is CCC(OC)c1cc(C)c(-c2cc3cnc(NC(=O)C4CC4F)cc3n3ncnc23)cn1. The molecule has 9 heteroatoms. The van der Waals surface area contributed by atoms with Gasteiger partial charge in [-0.2, -0.15) is 5.10 Å². The van der Waals surface area contributed by atoms with E-state index < -0.39 is 12.1 Å². The number of alkyl halides is 1. The van der Waals surface area contributed by atoms with Crippen LogP contribution in [0.5, 0.6) is 0 Å². The summed E-state index contributed by atoms with van der Waals surface area (Å²) in [6, 6.07) is 5.76. The van der Waals surface area contributed by atoms with Crippen LogP contribution in [0.3, 0.4) is 0 Å². The topological polar surface area (TPSA) is 94.3 Å². The van der Waals surface area contributed by atoms with Crippen LogP contribution in [0, 0.1) is 12.8 Å². The summed E-state index contributed by atoms with van der Waals surface area (Å²) < 4.78 is 20.4. The van der Waals surface area contributed by atoms with Crippen LogP contribution in [0.25, 0.3) is 27.7 Å². The molecule has 1 aliphatic carbocycles. The van der Waals surface area contributed by atoms with E-state index in [0.29, 0.717) is 11.5 Å². The predicted octanol–water partition coefficient (Wildman–Crippen LogP) is 4.04. The number of ether oxygens (including phenoxy) is 1. The molecule has 0 radical (unpaired) electrons. The zero-order chi connectivity index (χ0) is 22.4. The first kappa shape index (κ1) is 20.4. The lowest BCUT2D eigenvalue weighted by molar-refractivity contribution is -0.117. The Morgan fingerprint density at radius 1 is 1.25 bits per heavy atom. The van der Waals surface area contributed by atoms with Crippen LogP contribution in [0.15, 0.2) is 36.9 Å². The number of aromatic nitrogens is 5. The van der Waals surface area contributed by atoms with Crippen LogP contribution < -0.4 is 5.32 Å². The lowest BCUT2D eigenvalue weighted by Gasteiger charge is -2.15. The minimum absolute atomic E-state index is 0.0476. The van der Waals surface area contributed by atoms with Gasteiger partial charge < -0.3 is 10.1 Å². The highest BCUT2D eigenvalue weighted by molar-refractivity contribution is 5.97. The molecule has 0 spiro atoms. The highest BCUT2D eigenvalue weighted by Gasteiger charge is 2.43. The number of anilines is 1. The number of hydrogen-bond acceptors (Lipinski definition) is 6. The Balaban J connectivity index is 1.57. The van der Waals surface area contributed by atoms with Gasteiger partial charge >= 0.3 is 0 Å². The maximum absolute atomic E-state index is 13.2. The summed E-state index contributed by atoms with van der Waals surface area (Å²) in [5, 5.41) is 7.90. The molecule has 5 rings (SSSR count). The van der Waals surface area contributed by atoms with E-state index in [9.17, 15) is 9.18 Å². The number of methoxy groups -OCH3 is 1. The Kier molecular flexibility index (Phi) is 5.05. The van der Waals surface area contributed by atoms with Crippen molar-refractivity contribution in [1.82, 2.24) is 24.6 Å². The summed E-state index contributed by atoms with van der Waals surface area (Å²) in [5.41, 5.74) is 5.18. The largest absolute Gasteiger partial charge is 0.375 e. The minimum atomic E-state index is -1.06. The number of fused-ring (bicyclic) bond motifs is 3. The van der Waals surface area contributed by atoms with E-state index in [1.807, 2.05) is 25.3 Å². The summed E-state index contributed by atoms with van der Waals surface area (Å²) in [4.78, 5) is 25.5. The van der Waals surface area contributed by atoms with Crippen molar-refractivity contribution >= 4 is 28.3 Å². The fourth-order valence-electron chi connectivity index (χ4n) is 4.02. The van der Waals surface area contributed by atoms with Gasteiger partial charge in [-0.1, -0.05) is 6.92 Å². The molecule has 3 atom stereocenters. The number of pyridine rings is 3. The third kappa shape index (κ3) is 3.48. The Bertz CT molecular complexity index is 1330. The van der Waals surface area contributed by atoms with Crippen LogP contribution in [0.4, 0.5) is 10.2 Å². The normalized spacial score (nSPS) is 18.8. The predicted molar refractivity (Wildman–Crippen MR) is 118 cm³/mol. The van der Waals surface area contributed by atoms with Crippen molar-refractivity contribution in [2.45, 2.75) is 39.0 Å². The van der Waals surface area contributed by atoms with E-state index in [1.165, 1.54) is 6.33 Å². The lowest BCUT2D eigenvalue weighted by Crippen LogP contribution is -2.16. The molecule has 1 saturated carbocycles. The molecule has 1 N–H and O–H groups in total. The molecule has 3 unspecified atom stereocenters. The maximum Gasteiger partial charge on any atom is 0.231 e. The van der Waals surface area contributed by atoms with Gasteiger partial charge in [-0.25, -0.2) is 18.9 Å². The molecular formula is C23H23FN6O2. The van der Waals surface area contributed by atoms with Gasteiger partial charge in [-0.05, 0) is 37.5 Å². The van der Waals surface area contributed by atoms with Crippen LogP contribution in [0.2, 0.25) is 0 Å². The molecular weight excluding hydrogens is 411 g/mol. The van der Waals surface area contributed by atoms with Gasteiger partial charge in [0.15, 0.2) is 5.65 Å². The van der Waals surface area contributed by atoms with Gasteiger partial charge in [0.25, 0.3) is 0 Å². The zero-order valence-corrected chi connectivity index (χ0v) is 18.0. The molecule has 0 aromatic carbocycles. The lowest BCUT2D eigenvalue weighted by atomic mass is 10.0. The Labute approximate surface area is 183 Å². The van der Waals surface area contributed by atoms with Gasteiger partial charge in [0, 0.05) is 42.1 Å².